The van der Waals surface area contributed by atoms with E-state index in [1.54, 1.807) is 11.6 Å². The Bertz CT molecular complexity index is 759. The molecule has 0 saturated carbocycles. The van der Waals surface area contributed by atoms with Crippen molar-refractivity contribution in [3.05, 3.63) is 65.7 Å². The van der Waals surface area contributed by atoms with Crippen molar-refractivity contribution in [2.45, 2.75) is 25.4 Å². The standard InChI is InChI=1S/C20H23N3O2/c1-23-18-12-10-16(11-13-20(24)22-25)14-17(18)21-19(23)9-5-8-15-6-3-2-4-7-15/h2-4,6-7,10-14,19,21,25H,5,8-9H2,1H3,(H,22,24)/b13-11+. The Kier molecular flexibility index (Phi) is 5.36. The van der Waals surface area contributed by atoms with Crippen LogP contribution < -0.4 is 15.7 Å². The molecule has 1 aliphatic heterocycles. The van der Waals surface area contributed by atoms with Crippen molar-refractivity contribution in [3.63, 3.8) is 0 Å². The van der Waals surface area contributed by atoms with Crippen molar-refractivity contribution in [2.24, 2.45) is 0 Å². The van der Waals surface area contributed by atoms with Crippen LogP contribution in [0, 0.1) is 0 Å². The zero-order valence-corrected chi connectivity index (χ0v) is 14.3. The topological polar surface area (TPSA) is 64.6 Å². The predicted octanol–water partition coefficient (Wildman–Crippen LogP) is 3.42. The lowest BCUT2D eigenvalue weighted by Crippen LogP contribution is -2.32. The molecule has 1 amide bonds. The van der Waals surface area contributed by atoms with Gasteiger partial charge in [-0.2, -0.15) is 0 Å². The highest BCUT2D eigenvalue weighted by molar-refractivity contribution is 5.91. The maximum absolute atomic E-state index is 11.1. The van der Waals surface area contributed by atoms with Crippen molar-refractivity contribution in [2.75, 3.05) is 17.3 Å². The normalized spacial score (nSPS) is 15.9. The van der Waals surface area contributed by atoms with Gasteiger partial charge in [0.1, 0.15) is 0 Å². The second-order valence-corrected chi connectivity index (χ2v) is 6.23. The molecule has 0 spiro atoms. The maximum Gasteiger partial charge on any atom is 0.267 e. The number of hydrogen-bond acceptors (Lipinski definition) is 4. The number of rotatable bonds is 6. The van der Waals surface area contributed by atoms with Crippen molar-refractivity contribution in [3.8, 4) is 0 Å². The summed E-state index contributed by atoms with van der Waals surface area (Å²) in [5.74, 6) is -0.538. The molecule has 0 radical (unpaired) electrons. The van der Waals surface area contributed by atoms with E-state index in [1.165, 1.54) is 11.6 Å². The van der Waals surface area contributed by atoms with Crippen LogP contribution in [-0.4, -0.2) is 24.3 Å². The van der Waals surface area contributed by atoms with Crippen molar-refractivity contribution in [1.29, 1.82) is 0 Å². The van der Waals surface area contributed by atoms with E-state index in [1.807, 2.05) is 18.2 Å². The van der Waals surface area contributed by atoms with Gasteiger partial charge in [0.2, 0.25) is 0 Å². The smallest absolute Gasteiger partial charge is 0.267 e. The first-order valence-corrected chi connectivity index (χ1v) is 8.47. The van der Waals surface area contributed by atoms with Gasteiger partial charge >= 0.3 is 0 Å². The number of aryl methyl sites for hydroxylation is 1. The Morgan fingerprint density at radius 1 is 1.28 bits per heavy atom. The molecule has 2 aromatic rings. The van der Waals surface area contributed by atoms with Gasteiger partial charge in [-0.1, -0.05) is 36.4 Å². The molecular formula is C20H23N3O2. The molecule has 1 aliphatic rings. The molecule has 1 heterocycles. The Morgan fingerprint density at radius 2 is 2.08 bits per heavy atom. The molecule has 3 rings (SSSR count). The van der Waals surface area contributed by atoms with E-state index >= 15 is 0 Å². The molecule has 5 heteroatoms. The van der Waals surface area contributed by atoms with Crippen LogP contribution in [0.3, 0.4) is 0 Å². The number of hydroxylamine groups is 1. The highest BCUT2D eigenvalue weighted by Gasteiger charge is 2.24. The van der Waals surface area contributed by atoms with Crippen molar-refractivity contribution >= 4 is 23.4 Å². The van der Waals surface area contributed by atoms with Crippen LogP contribution in [0.5, 0.6) is 0 Å². The number of nitrogens with one attached hydrogen (secondary N) is 2. The van der Waals surface area contributed by atoms with Gasteiger partial charge in [0.25, 0.3) is 5.91 Å². The van der Waals surface area contributed by atoms with Crippen molar-refractivity contribution in [1.82, 2.24) is 5.48 Å². The molecule has 130 valence electrons. The predicted molar refractivity (Wildman–Crippen MR) is 101 cm³/mol. The number of fused-ring (bicyclic) bond motifs is 1. The van der Waals surface area contributed by atoms with Crippen LogP contribution in [0.15, 0.2) is 54.6 Å². The lowest BCUT2D eigenvalue weighted by molar-refractivity contribution is -0.124. The van der Waals surface area contributed by atoms with Crippen LogP contribution in [0.25, 0.3) is 6.08 Å². The monoisotopic (exact) mass is 337 g/mol. The van der Waals surface area contributed by atoms with E-state index in [2.05, 4.69) is 47.6 Å². The fourth-order valence-corrected chi connectivity index (χ4v) is 3.14. The van der Waals surface area contributed by atoms with Gasteiger partial charge in [0, 0.05) is 13.1 Å². The van der Waals surface area contributed by atoms with Crippen LogP contribution in [-0.2, 0) is 11.2 Å². The van der Waals surface area contributed by atoms with Crippen molar-refractivity contribution < 1.29 is 10.0 Å². The minimum atomic E-state index is -0.538. The quantitative estimate of drug-likeness (QED) is 0.429. The minimum Gasteiger partial charge on any atom is -0.363 e. The fraction of sp³-hybridized carbons (Fsp3) is 0.250. The van der Waals surface area contributed by atoms with Gasteiger partial charge in [-0.3, -0.25) is 10.0 Å². The summed E-state index contributed by atoms with van der Waals surface area (Å²) >= 11 is 0. The number of carbonyl (C=O) groups is 1. The van der Waals surface area contributed by atoms with Gasteiger partial charge < -0.3 is 10.2 Å². The molecular weight excluding hydrogens is 314 g/mol. The second kappa shape index (κ2) is 7.85. The molecule has 5 nitrogen and oxygen atoms in total. The number of carbonyl (C=O) groups excluding carboxylic acids is 1. The average Bonchev–Trinajstić information content (AvgIpc) is 2.96. The maximum atomic E-state index is 11.1. The molecule has 1 unspecified atom stereocenters. The molecule has 0 saturated heterocycles. The number of nitrogens with zero attached hydrogens (tertiary/aromatic N) is 1. The van der Waals surface area contributed by atoms with Gasteiger partial charge in [-0.25, -0.2) is 5.48 Å². The molecule has 0 aromatic heterocycles. The van der Waals surface area contributed by atoms with Crippen LogP contribution in [0.1, 0.15) is 24.0 Å². The summed E-state index contributed by atoms with van der Waals surface area (Å²) in [5.41, 5.74) is 6.10. The second-order valence-electron chi connectivity index (χ2n) is 6.23. The fourth-order valence-electron chi connectivity index (χ4n) is 3.14. The van der Waals surface area contributed by atoms with E-state index in [4.69, 9.17) is 5.21 Å². The number of amides is 1. The lowest BCUT2D eigenvalue weighted by Gasteiger charge is -2.22. The molecule has 0 bridgehead atoms. The molecule has 2 aromatic carbocycles. The summed E-state index contributed by atoms with van der Waals surface area (Å²) in [6.45, 7) is 0. The van der Waals surface area contributed by atoms with Crippen LogP contribution in [0.2, 0.25) is 0 Å². The zero-order chi connectivity index (χ0) is 17.6. The summed E-state index contributed by atoms with van der Waals surface area (Å²) in [7, 11) is 2.10. The third-order valence-corrected chi connectivity index (χ3v) is 4.51. The highest BCUT2D eigenvalue weighted by Crippen LogP contribution is 2.35. The first kappa shape index (κ1) is 17.0. The van der Waals surface area contributed by atoms with E-state index < -0.39 is 5.91 Å². The highest BCUT2D eigenvalue weighted by atomic mass is 16.5. The van der Waals surface area contributed by atoms with E-state index in [9.17, 15) is 4.79 Å². The van der Waals surface area contributed by atoms with E-state index in [-0.39, 0.29) is 6.17 Å². The van der Waals surface area contributed by atoms with E-state index in [0.717, 1.165) is 36.2 Å². The summed E-state index contributed by atoms with van der Waals surface area (Å²) in [4.78, 5) is 13.3. The number of hydrogen-bond donors (Lipinski definition) is 3. The Labute approximate surface area is 147 Å². The summed E-state index contributed by atoms with van der Waals surface area (Å²) < 4.78 is 0. The summed E-state index contributed by atoms with van der Waals surface area (Å²) in [6, 6.07) is 16.6. The Balaban J connectivity index is 1.59. The average molecular weight is 337 g/mol. The third-order valence-electron chi connectivity index (χ3n) is 4.51. The molecule has 25 heavy (non-hydrogen) atoms. The number of anilines is 2. The van der Waals surface area contributed by atoms with Crippen LogP contribution >= 0.6 is 0 Å². The lowest BCUT2D eigenvalue weighted by atomic mass is 10.1. The molecule has 3 N–H and O–H groups in total. The minimum absolute atomic E-state index is 0.277. The third kappa shape index (κ3) is 4.19. The molecule has 0 aliphatic carbocycles. The summed E-state index contributed by atoms with van der Waals surface area (Å²) in [5, 5.41) is 12.1. The summed E-state index contributed by atoms with van der Waals surface area (Å²) in [6.07, 6.45) is 6.50. The van der Waals surface area contributed by atoms with Crippen LogP contribution in [0.4, 0.5) is 11.4 Å². The number of benzene rings is 2. The Hall–Kier alpha value is -2.79. The Morgan fingerprint density at radius 3 is 2.84 bits per heavy atom. The zero-order valence-electron chi connectivity index (χ0n) is 14.3. The largest absolute Gasteiger partial charge is 0.363 e. The van der Waals surface area contributed by atoms with Gasteiger partial charge in [-0.15, -0.1) is 0 Å². The first-order chi connectivity index (χ1) is 12.2. The van der Waals surface area contributed by atoms with E-state index in [0.29, 0.717) is 0 Å². The van der Waals surface area contributed by atoms with Gasteiger partial charge in [-0.05, 0) is 48.6 Å². The first-order valence-electron chi connectivity index (χ1n) is 8.47. The molecule has 1 atom stereocenters. The van der Waals surface area contributed by atoms with Gasteiger partial charge in [0.15, 0.2) is 0 Å². The molecule has 0 fully saturated rings. The van der Waals surface area contributed by atoms with Gasteiger partial charge in [0.05, 0.1) is 17.5 Å². The SMILES string of the molecule is CN1c2ccc(/C=C/C(=O)NO)cc2NC1CCCc1ccccc1.